The van der Waals surface area contributed by atoms with Crippen LogP contribution in [0.4, 0.5) is 5.69 Å². The lowest BCUT2D eigenvalue weighted by Gasteiger charge is -2.12. The minimum Gasteiger partial charge on any atom is -0.497 e. The van der Waals surface area contributed by atoms with E-state index in [1.807, 2.05) is 41.0 Å². The maximum Gasteiger partial charge on any atom is 0.339 e. The molecule has 0 bridgehead atoms. The number of carbonyl (C=O) groups excluding carboxylic acids is 2. The van der Waals surface area contributed by atoms with Gasteiger partial charge in [0.05, 0.1) is 31.2 Å². The quantitative estimate of drug-likeness (QED) is 0.302. The first-order valence-corrected chi connectivity index (χ1v) is 11.2. The number of hydrogen-bond donors (Lipinski definition) is 1. The van der Waals surface area contributed by atoms with Crippen LogP contribution in [0, 0.1) is 0 Å². The van der Waals surface area contributed by atoms with Gasteiger partial charge in [0.2, 0.25) is 5.91 Å². The van der Waals surface area contributed by atoms with E-state index >= 15 is 0 Å². The van der Waals surface area contributed by atoms with Crippen LogP contribution in [0.15, 0.2) is 78.2 Å². The van der Waals surface area contributed by atoms with Gasteiger partial charge in [0.1, 0.15) is 5.75 Å². The molecular formula is C24H21N5O4S. The van der Waals surface area contributed by atoms with Crippen molar-refractivity contribution in [3.8, 4) is 22.8 Å². The van der Waals surface area contributed by atoms with Gasteiger partial charge in [-0.05, 0) is 48.5 Å². The maximum absolute atomic E-state index is 12.7. The number of thioether (sulfide) groups is 1. The van der Waals surface area contributed by atoms with E-state index in [0.29, 0.717) is 16.7 Å². The van der Waals surface area contributed by atoms with Crippen LogP contribution in [0.5, 0.6) is 5.75 Å². The van der Waals surface area contributed by atoms with Gasteiger partial charge in [0.25, 0.3) is 0 Å². The Labute approximate surface area is 200 Å². The van der Waals surface area contributed by atoms with E-state index in [9.17, 15) is 9.59 Å². The van der Waals surface area contributed by atoms with Gasteiger partial charge in [-0.25, -0.2) is 4.79 Å². The summed E-state index contributed by atoms with van der Waals surface area (Å²) >= 11 is 1.22. The number of hydrogen-bond acceptors (Lipinski definition) is 8. The van der Waals surface area contributed by atoms with Gasteiger partial charge in [-0.15, -0.1) is 10.2 Å². The second kappa shape index (κ2) is 10.6. The fraction of sp³-hybridized carbons (Fsp3) is 0.125. The van der Waals surface area contributed by atoms with Gasteiger partial charge in [-0.1, -0.05) is 23.9 Å². The van der Waals surface area contributed by atoms with E-state index in [-0.39, 0.29) is 17.2 Å². The Morgan fingerprint density at radius 3 is 2.50 bits per heavy atom. The van der Waals surface area contributed by atoms with Crippen LogP contribution in [0.2, 0.25) is 0 Å². The lowest BCUT2D eigenvalue weighted by Crippen LogP contribution is -2.17. The zero-order valence-corrected chi connectivity index (χ0v) is 19.3. The van der Waals surface area contributed by atoms with E-state index in [1.54, 1.807) is 43.8 Å². The summed E-state index contributed by atoms with van der Waals surface area (Å²) in [6.07, 6.45) is 3.39. The van der Waals surface area contributed by atoms with Crippen molar-refractivity contribution in [1.29, 1.82) is 0 Å². The molecule has 0 atom stereocenters. The van der Waals surface area contributed by atoms with Crippen molar-refractivity contribution >= 4 is 29.3 Å². The number of nitrogens with one attached hydrogen (secondary N) is 1. The summed E-state index contributed by atoms with van der Waals surface area (Å²) in [6.45, 7) is 0. The molecule has 172 valence electrons. The topological polar surface area (TPSA) is 108 Å². The van der Waals surface area contributed by atoms with Crippen LogP contribution < -0.4 is 10.1 Å². The van der Waals surface area contributed by atoms with Crippen molar-refractivity contribution in [3.63, 3.8) is 0 Å². The molecule has 2 heterocycles. The molecule has 0 fully saturated rings. The number of pyridine rings is 1. The maximum atomic E-state index is 12.7. The molecule has 0 saturated carbocycles. The van der Waals surface area contributed by atoms with Crippen molar-refractivity contribution < 1.29 is 19.1 Å². The van der Waals surface area contributed by atoms with Gasteiger partial charge in [0.15, 0.2) is 11.0 Å². The zero-order chi connectivity index (χ0) is 23.9. The fourth-order valence-electron chi connectivity index (χ4n) is 3.21. The molecular weight excluding hydrogens is 454 g/mol. The number of para-hydroxylation sites is 1. The van der Waals surface area contributed by atoms with Gasteiger partial charge >= 0.3 is 5.97 Å². The molecule has 1 N–H and O–H groups in total. The molecule has 4 rings (SSSR count). The fourth-order valence-corrected chi connectivity index (χ4v) is 3.96. The molecule has 2 aromatic carbocycles. The van der Waals surface area contributed by atoms with E-state index in [4.69, 9.17) is 9.47 Å². The van der Waals surface area contributed by atoms with Crippen LogP contribution in [0.25, 0.3) is 17.1 Å². The molecule has 0 aliphatic rings. The third-order valence-electron chi connectivity index (χ3n) is 4.82. The molecule has 34 heavy (non-hydrogen) atoms. The van der Waals surface area contributed by atoms with Crippen molar-refractivity contribution in [2.24, 2.45) is 0 Å². The Bertz CT molecular complexity index is 1290. The largest absolute Gasteiger partial charge is 0.497 e. The number of carbonyl (C=O) groups is 2. The average molecular weight is 476 g/mol. The molecule has 0 saturated heterocycles. The summed E-state index contributed by atoms with van der Waals surface area (Å²) in [6, 6.07) is 17.8. The molecule has 9 nitrogen and oxygen atoms in total. The third-order valence-corrected chi connectivity index (χ3v) is 5.75. The molecule has 1 amide bonds. The first-order valence-electron chi connectivity index (χ1n) is 10.2. The third kappa shape index (κ3) is 5.07. The van der Waals surface area contributed by atoms with Gasteiger partial charge in [0, 0.05) is 23.6 Å². The first-order chi connectivity index (χ1) is 16.6. The molecule has 4 aromatic rings. The summed E-state index contributed by atoms with van der Waals surface area (Å²) in [5, 5.41) is 11.9. The molecule has 0 spiro atoms. The Hall–Kier alpha value is -4.18. The number of amides is 1. The van der Waals surface area contributed by atoms with E-state index in [1.165, 1.54) is 18.9 Å². The smallest absolute Gasteiger partial charge is 0.339 e. The number of ether oxygens (including phenoxy) is 2. The number of rotatable bonds is 8. The summed E-state index contributed by atoms with van der Waals surface area (Å²) in [5.74, 6) is 0.545. The number of anilines is 1. The number of methoxy groups -OCH3 is 2. The molecule has 0 unspecified atom stereocenters. The van der Waals surface area contributed by atoms with E-state index in [0.717, 1.165) is 17.0 Å². The predicted molar refractivity (Wildman–Crippen MR) is 128 cm³/mol. The van der Waals surface area contributed by atoms with E-state index < -0.39 is 5.97 Å². The molecule has 0 radical (unpaired) electrons. The Kier molecular flexibility index (Phi) is 7.19. The normalized spacial score (nSPS) is 10.5. The summed E-state index contributed by atoms with van der Waals surface area (Å²) in [4.78, 5) is 28.8. The minimum atomic E-state index is -0.524. The summed E-state index contributed by atoms with van der Waals surface area (Å²) in [7, 11) is 2.90. The number of esters is 1. The van der Waals surface area contributed by atoms with Crippen molar-refractivity contribution in [1.82, 2.24) is 19.7 Å². The zero-order valence-electron chi connectivity index (χ0n) is 18.5. The van der Waals surface area contributed by atoms with Gasteiger partial charge in [-0.2, -0.15) is 0 Å². The highest BCUT2D eigenvalue weighted by Crippen LogP contribution is 2.29. The molecule has 10 heteroatoms. The van der Waals surface area contributed by atoms with Crippen molar-refractivity contribution in [2.45, 2.75) is 5.16 Å². The van der Waals surface area contributed by atoms with Crippen LogP contribution in [0.1, 0.15) is 10.4 Å². The van der Waals surface area contributed by atoms with Crippen LogP contribution in [-0.2, 0) is 9.53 Å². The first kappa shape index (κ1) is 23.0. The van der Waals surface area contributed by atoms with Crippen LogP contribution in [0.3, 0.4) is 0 Å². The lowest BCUT2D eigenvalue weighted by atomic mass is 10.2. The van der Waals surface area contributed by atoms with Crippen LogP contribution >= 0.6 is 11.8 Å². The number of aromatic nitrogens is 4. The van der Waals surface area contributed by atoms with Crippen LogP contribution in [-0.4, -0.2) is 51.6 Å². The standard InChI is InChI=1S/C24H21N5O4S/c1-32-18-11-9-17(10-12-18)29-22(16-6-5-13-25-14-16)27-28-24(29)34-15-21(30)26-20-8-4-3-7-19(20)23(31)33-2/h3-14H,15H2,1-2H3,(H,26,30). The summed E-state index contributed by atoms with van der Waals surface area (Å²) < 4.78 is 11.9. The van der Waals surface area contributed by atoms with Gasteiger partial charge < -0.3 is 14.8 Å². The molecule has 0 aliphatic carbocycles. The Morgan fingerprint density at radius 1 is 1.00 bits per heavy atom. The molecule has 0 aliphatic heterocycles. The van der Waals surface area contributed by atoms with Crippen molar-refractivity contribution in [2.75, 3.05) is 25.3 Å². The van der Waals surface area contributed by atoms with Crippen molar-refractivity contribution in [3.05, 3.63) is 78.6 Å². The highest BCUT2D eigenvalue weighted by molar-refractivity contribution is 7.99. The number of benzene rings is 2. The lowest BCUT2D eigenvalue weighted by molar-refractivity contribution is -0.113. The van der Waals surface area contributed by atoms with E-state index in [2.05, 4.69) is 20.5 Å². The molecule has 2 aromatic heterocycles. The minimum absolute atomic E-state index is 0.0524. The SMILES string of the molecule is COC(=O)c1ccccc1NC(=O)CSc1nnc(-c2cccnc2)n1-c1ccc(OC)cc1. The average Bonchev–Trinajstić information content (AvgIpc) is 3.32. The second-order valence-electron chi connectivity index (χ2n) is 6.96. The highest BCUT2D eigenvalue weighted by Gasteiger charge is 2.19. The monoisotopic (exact) mass is 475 g/mol. The Morgan fingerprint density at radius 2 is 1.79 bits per heavy atom. The second-order valence-corrected chi connectivity index (χ2v) is 7.90. The number of nitrogens with zero attached hydrogens (tertiary/aromatic N) is 4. The Balaban J connectivity index is 1.58. The van der Waals surface area contributed by atoms with Gasteiger partial charge in [-0.3, -0.25) is 14.3 Å². The predicted octanol–water partition coefficient (Wildman–Crippen LogP) is 3.86. The summed E-state index contributed by atoms with van der Waals surface area (Å²) in [5.41, 5.74) is 2.26. The highest BCUT2D eigenvalue weighted by atomic mass is 32.2.